The van der Waals surface area contributed by atoms with Gasteiger partial charge >= 0.3 is 5.97 Å². The molecule has 0 fully saturated rings. The van der Waals surface area contributed by atoms with Crippen LogP contribution in [-0.4, -0.2) is 29.0 Å². The van der Waals surface area contributed by atoms with Gasteiger partial charge < -0.3 is 9.67 Å². The van der Waals surface area contributed by atoms with Crippen molar-refractivity contribution in [3.63, 3.8) is 0 Å². The van der Waals surface area contributed by atoms with Gasteiger partial charge in [0.25, 0.3) is 10.0 Å². The number of rotatable bonds is 4. The summed E-state index contributed by atoms with van der Waals surface area (Å²) in [5, 5.41) is 8.69. The number of anilines is 1. The van der Waals surface area contributed by atoms with Crippen LogP contribution >= 0.6 is 11.6 Å². The topological polar surface area (TPSA) is 101 Å². The normalized spacial score (nSPS) is 11.4. The van der Waals surface area contributed by atoms with Gasteiger partial charge in [0.05, 0.1) is 17.6 Å². The van der Waals surface area contributed by atoms with E-state index >= 15 is 0 Å². The van der Waals surface area contributed by atoms with Crippen LogP contribution in [0.4, 0.5) is 5.69 Å². The molecule has 0 aliphatic rings. The highest BCUT2D eigenvalue weighted by molar-refractivity contribution is 7.92. The van der Waals surface area contributed by atoms with E-state index in [0.29, 0.717) is 5.56 Å². The first-order chi connectivity index (χ1) is 9.74. The van der Waals surface area contributed by atoms with Gasteiger partial charge in [0.2, 0.25) is 5.03 Å². The predicted octanol–water partition coefficient (Wildman–Crippen LogP) is 1.88. The van der Waals surface area contributed by atoms with Crippen molar-refractivity contribution < 1.29 is 18.3 Å². The number of nitrogens with one attached hydrogen (secondary N) is 1. The Labute approximate surface area is 126 Å². The number of aromatic carboxylic acids is 1. The van der Waals surface area contributed by atoms with Crippen LogP contribution in [0.1, 0.15) is 15.9 Å². The zero-order valence-electron chi connectivity index (χ0n) is 11.2. The lowest BCUT2D eigenvalue weighted by atomic mass is 10.1. The van der Waals surface area contributed by atoms with Crippen molar-refractivity contribution in [1.29, 1.82) is 0 Å². The van der Waals surface area contributed by atoms with E-state index in [2.05, 4.69) is 9.71 Å². The zero-order valence-corrected chi connectivity index (χ0v) is 12.7. The molecule has 1 heterocycles. The molecular weight excluding hydrogens is 318 g/mol. The molecule has 0 aliphatic carbocycles. The first-order valence-electron chi connectivity index (χ1n) is 5.76. The predicted molar refractivity (Wildman–Crippen MR) is 77.2 cm³/mol. The quantitative estimate of drug-likeness (QED) is 0.891. The molecule has 0 amide bonds. The lowest BCUT2D eigenvalue weighted by Gasteiger charge is -2.11. The molecule has 21 heavy (non-hydrogen) atoms. The van der Waals surface area contributed by atoms with E-state index in [4.69, 9.17) is 16.7 Å². The van der Waals surface area contributed by atoms with Gasteiger partial charge in [-0.25, -0.2) is 9.78 Å². The van der Waals surface area contributed by atoms with Crippen molar-refractivity contribution in [1.82, 2.24) is 9.55 Å². The van der Waals surface area contributed by atoms with Crippen molar-refractivity contribution in [2.45, 2.75) is 11.9 Å². The molecule has 1 aromatic heterocycles. The highest BCUT2D eigenvalue weighted by atomic mass is 35.5. The standard InChI is InChI=1S/C12H12ClN3O4S/c1-7-8(12(17)18)4-3-5-9(7)15-21(19,20)11-10(13)16(2)6-14-11/h3-6,15H,1-2H3,(H,17,18). The average molecular weight is 330 g/mol. The molecular formula is C12H12ClN3O4S. The van der Waals surface area contributed by atoms with Gasteiger partial charge in [-0.3, -0.25) is 4.72 Å². The number of nitrogens with zero attached hydrogens (tertiary/aromatic N) is 2. The number of halogens is 1. The fraction of sp³-hybridized carbons (Fsp3) is 0.167. The zero-order chi connectivity index (χ0) is 15.8. The van der Waals surface area contributed by atoms with E-state index in [-0.39, 0.29) is 21.4 Å². The molecule has 0 aliphatic heterocycles. The van der Waals surface area contributed by atoms with Crippen LogP contribution in [0.3, 0.4) is 0 Å². The number of carbonyl (C=O) groups is 1. The molecule has 2 aromatic rings. The average Bonchev–Trinajstić information content (AvgIpc) is 2.72. The van der Waals surface area contributed by atoms with Crippen LogP contribution in [0.5, 0.6) is 0 Å². The minimum absolute atomic E-state index is 0.0160. The number of hydrogen-bond acceptors (Lipinski definition) is 4. The third-order valence-corrected chi connectivity index (χ3v) is 4.75. The van der Waals surface area contributed by atoms with E-state index in [9.17, 15) is 13.2 Å². The van der Waals surface area contributed by atoms with E-state index in [1.807, 2.05) is 0 Å². The third kappa shape index (κ3) is 2.86. The molecule has 0 saturated heterocycles. The lowest BCUT2D eigenvalue weighted by Crippen LogP contribution is -2.16. The number of benzene rings is 1. The van der Waals surface area contributed by atoms with Crippen molar-refractivity contribution in [3.8, 4) is 0 Å². The molecule has 2 N–H and O–H groups in total. The Kier molecular flexibility index (Phi) is 3.93. The Morgan fingerprint density at radius 2 is 2.10 bits per heavy atom. The molecule has 0 unspecified atom stereocenters. The van der Waals surface area contributed by atoms with Gasteiger partial charge in [-0.05, 0) is 24.6 Å². The van der Waals surface area contributed by atoms with Gasteiger partial charge in [-0.2, -0.15) is 8.42 Å². The van der Waals surface area contributed by atoms with Gasteiger partial charge in [0, 0.05) is 7.05 Å². The number of carboxylic acids is 1. The number of aryl methyl sites for hydroxylation is 1. The highest BCUT2D eigenvalue weighted by Gasteiger charge is 2.23. The Hall–Kier alpha value is -2.06. The second-order valence-electron chi connectivity index (χ2n) is 4.34. The number of hydrogen-bond donors (Lipinski definition) is 2. The van der Waals surface area contributed by atoms with Gasteiger partial charge in [-0.15, -0.1) is 0 Å². The summed E-state index contributed by atoms with van der Waals surface area (Å²) < 4.78 is 28.2. The van der Waals surface area contributed by atoms with E-state index in [1.165, 1.54) is 36.0 Å². The number of aromatic nitrogens is 2. The van der Waals surface area contributed by atoms with Gasteiger partial charge in [0.1, 0.15) is 5.15 Å². The third-order valence-electron chi connectivity index (χ3n) is 2.90. The molecule has 0 atom stereocenters. The smallest absolute Gasteiger partial charge is 0.336 e. The first-order valence-corrected chi connectivity index (χ1v) is 7.62. The largest absolute Gasteiger partial charge is 0.478 e. The molecule has 0 radical (unpaired) electrons. The summed E-state index contributed by atoms with van der Waals surface area (Å²) in [4.78, 5) is 14.8. The van der Waals surface area contributed by atoms with E-state index in [1.54, 1.807) is 7.05 Å². The van der Waals surface area contributed by atoms with E-state index < -0.39 is 16.0 Å². The molecule has 0 spiro atoms. The summed E-state index contributed by atoms with van der Waals surface area (Å²) in [7, 11) is -2.43. The SMILES string of the molecule is Cc1c(NS(=O)(=O)c2ncn(C)c2Cl)cccc1C(=O)O. The summed E-state index contributed by atoms with van der Waals surface area (Å²) in [6, 6.07) is 4.31. The van der Waals surface area contributed by atoms with Crippen molar-refractivity contribution in [2.75, 3.05) is 4.72 Å². The molecule has 7 nitrogen and oxygen atoms in total. The monoisotopic (exact) mass is 329 g/mol. The van der Waals surface area contributed by atoms with Crippen LogP contribution in [0, 0.1) is 6.92 Å². The molecule has 9 heteroatoms. The van der Waals surface area contributed by atoms with Gasteiger partial charge in [0.15, 0.2) is 0 Å². The Balaban J connectivity index is 2.45. The van der Waals surface area contributed by atoms with Crippen LogP contribution < -0.4 is 4.72 Å². The fourth-order valence-electron chi connectivity index (χ4n) is 1.75. The maximum absolute atomic E-state index is 12.3. The van der Waals surface area contributed by atoms with Crippen molar-refractivity contribution >= 4 is 33.3 Å². The summed E-state index contributed by atoms with van der Waals surface area (Å²) in [5.74, 6) is -1.13. The molecule has 2 rings (SSSR count). The van der Waals surface area contributed by atoms with Crippen molar-refractivity contribution in [2.24, 2.45) is 7.05 Å². The van der Waals surface area contributed by atoms with Crippen LogP contribution in [0.25, 0.3) is 0 Å². The molecule has 1 aromatic carbocycles. The fourth-order valence-corrected chi connectivity index (χ4v) is 3.30. The minimum Gasteiger partial charge on any atom is -0.478 e. The van der Waals surface area contributed by atoms with E-state index in [0.717, 1.165) is 0 Å². The Morgan fingerprint density at radius 1 is 1.43 bits per heavy atom. The molecule has 112 valence electrons. The first kappa shape index (κ1) is 15.3. The minimum atomic E-state index is -3.99. The van der Waals surface area contributed by atoms with Crippen molar-refractivity contribution in [3.05, 3.63) is 40.8 Å². The van der Waals surface area contributed by atoms with Crippen LogP contribution in [-0.2, 0) is 17.1 Å². The second kappa shape index (κ2) is 5.38. The number of sulfonamides is 1. The molecule has 0 saturated carbocycles. The van der Waals surface area contributed by atoms with Crippen LogP contribution in [0.15, 0.2) is 29.6 Å². The summed E-state index contributed by atoms with van der Waals surface area (Å²) in [5.41, 5.74) is 0.486. The maximum Gasteiger partial charge on any atom is 0.336 e. The lowest BCUT2D eigenvalue weighted by molar-refractivity contribution is 0.0696. The Morgan fingerprint density at radius 3 is 2.62 bits per heavy atom. The Bertz CT molecular complexity index is 814. The summed E-state index contributed by atoms with van der Waals surface area (Å²) >= 11 is 5.87. The highest BCUT2D eigenvalue weighted by Crippen LogP contribution is 2.25. The second-order valence-corrected chi connectivity index (χ2v) is 6.30. The summed E-state index contributed by atoms with van der Waals surface area (Å²) in [6.45, 7) is 1.52. The molecule has 0 bridgehead atoms. The number of carboxylic acid groups (broad SMARTS) is 1. The van der Waals surface area contributed by atoms with Crippen LogP contribution in [0.2, 0.25) is 5.15 Å². The maximum atomic E-state index is 12.3. The number of imidazole rings is 1. The van der Waals surface area contributed by atoms with Gasteiger partial charge in [-0.1, -0.05) is 17.7 Å². The summed E-state index contributed by atoms with van der Waals surface area (Å²) in [6.07, 6.45) is 1.28.